The Bertz CT molecular complexity index is 1720. The zero-order valence-electron chi connectivity index (χ0n) is 19.4. The van der Waals surface area contributed by atoms with Gasteiger partial charge in [-0.05, 0) is 24.3 Å². The molecule has 0 fully saturated rings. The highest BCUT2D eigenvalue weighted by Gasteiger charge is 2.16. The largest absolute Gasteiger partial charge is 0.435 e. The van der Waals surface area contributed by atoms with E-state index in [4.69, 9.17) is 10.5 Å². The van der Waals surface area contributed by atoms with Crippen LogP contribution in [-0.4, -0.2) is 25.4 Å². The van der Waals surface area contributed by atoms with Crippen molar-refractivity contribution in [3.8, 4) is 34.0 Å². The van der Waals surface area contributed by atoms with Crippen LogP contribution in [0.3, 0.4) is 0 Å². The maximum atomic E-state index is 15.1. The highest BCUT2D eigenvalue weighted by molar-refractivity contribution is 6.00. The summed E-state index contributed by atoms with van der Waals surface area (Å²) in [5, 5.41) is 20.5. The summed E-state index contributed by atoms with van der Waals surface area (Å²) in [6.07, 6.45) is 3.13. The first-order chi connectivity index (χ1) is 18.2. The summed E-state index contributed by atoms with van der Waals surface area (Å²) in [5.41, 5.74) is 9.40. The first-order valence-corrected chi connectivity index (χ1v) is 11.5. The average Bonchev–Trinajstić information content (AvgIpc) is 3.36. The molecule has 8 nitrogen and oxygen atoms in total. The molecule has 3 heterocycles. The number of anilines is 3. The van der Waals surface area contributed by atoms with Gasteiger partial charge in [-0.2, -0.15) is 5.10 Å². The number of fused-ring (bicyclic) bond motifs is 1. The molecule has 6 rings (SSSR count). The zero-order valence-corrected chi connectivity index (χ0v) is 19.4. The molecule has 9 heteroatoms. The fraction of sp³-hybridized carbons (Fsp3) is 0. The second-order valence-electron chi connectivity index (χ2n) is 8.23. The SMILES string of the molecule is Nc1[nH]ncc1-c1cccnc1Oc1ccc(Nc2nnc(-c3ccccc3)c3ccccc23)cc1F. The number of H-pyrrole nitrogens is 1. The third-order valence-electron chi connectivity index (χ3n) is 5.87. The van der Waals surface area contributed by atoms with Crippen molar-refractivity contribution in [2.45, 2.75) is 0 Å². The molecule has 37 heavy (non-hydrogen) atoms. The summed E-state index contributed by atoms with van der Waals surface area (Å²) in [7, 11) is 0. The number of ether oxygens (including phenoxy) is 1. The van der Waals surface area contributed by atoms with Crippen LogP contribution in [0.25, 0.3) is 33.2 Å². The highest BCUT2D eigenvalue weighted by Crippen LogP contribution is 2.36. The van der Waals surface area contributed by atoms with E-state index in [1.165, 1.54) is 12.1 Å². The Kier molecular flexibility index (Phi) is 5.62. The van der Waals surface area contributed by atoms with E-state index in [0.29, 0.717) is 28.5 Å². The minimum absolute atomic E-state index is 0.0166. The van der Waals surface area contributed by atoms with Crippen LogP contribution < -0.4 is 15.8 Å². The first-order valence-electron chi connectivity index (χ1n) is 11.5. The third-order valence-corrected chi connectivity index (χ3v) is 5.87. The predicted octanol–water partition coefficient (Wildman–Crippen LogP) is 6.34. The van der Waals surface area contributed by atoms with Crippen molar-refractivity contribution in [1.29, 1.82) is 0 Å². The fourth-order valence-corrected chi connectivity index (χ4v) is 4.10. The summed E-state index contributed by atoms with van der Waals surface area (Å²) >= 11 is 0. The standard InChI is InChI=1S/C28H20FN7O/c29-23-15-18(12-13-24(23)37-28-21(11-6-14-31-28)22-16-32-35-26(22)30)33-27-20-10-5-4-9-19(20)25(34-36-27)17-7-2-1-3-8-17/h1-16H,(H,33,36)(H3,30,32,35). The number of rotatable bonds is 6. The van der Waals surface area contributed by atoms with E-state index in [1.54, 1.807) is 30.6 Å². The van der Waals surface area contributed by atoms with Gasteiger partial charge in [-0.25, -0.2) is 9.37 Å². The molecule has 0 radical (unpaired) electrons. The molecule has 3 aromatic carbocycles. The van der Waals surface area contributed by atoms with E-state index < -0.39 is 5.82 Å². The molecule has 4 N–H and O–H groups in total. The van der Waals surface area contributed by atoms with Crippen LogP contribution in [0.1, 0.15) is 0 Å². The van der Waals surface area contributed by atoms with Crippen LogP contribution in [-0.2, 0) is 0 Å². The number of nitrogens with one attached hydrogen (secondary N) is 2. The normalized spacial score (nSPS) is 10.9. The van der Waals surface area contributed by atoms with Gasteiger partial charge in [0.05, 0.1) is 6.20 Å². The summed E-state index contributed by atoms with van der Waals surface area (Å²) in [6.45, 7) is 0. The first kappa shape index (κ1) is 22.2. The Morgan fingerprint density at radius 1 is 0.838 bits per heavy atom. The van der Waals surface area contributed by atoms with Gasteiger partial charge in [0.25, 0.3) is 0 Å². The molecule has 0 saturated heterocycles. The van der Waals surface area contributed by atoms with Crippen LogP contribution in [0.4, 0.5) is 21.7 Å². The van der Waals surface area contributed by atoms with Crippen molar-refractivity contribution in [2.24, 2.45) is 0 Å². The molecule has 3 aromatic heterocycles. The van der Waals surface area contributed by atoms with Crippen LogP contribution in [0.5, 0.6) is 11.6 Å². The lowest BCUT2D eigenvalue weighted by molar-refractivity contribution is 0.429. The Hall–Kier alpha value is -5.31. The second-order valence-corrected chi connectivity index (χ2v) is 8.23. The number of aromatic nitrogens is 5. The fourth-order valence-electron chi connectivity index (χ4n) is 4.10. The van der Waals surface area contributed by atoms with Gasteiger partial charge in [-0.3, -0.25) is 5.10 Å². The number of nitrogen functional groups attached to an aromatic ring is 1. The number of hydrogen-bond acceptors (Lipinski definition) is 7. The summed E-state index contributed by atoms with van der Waals surface area (Å²) in [4.78, 5) is 4.25. The Balaban J connectivity index is 1.30. The van der Waals surface area contributed by atoms with Crippen LogP contribution in [0, 0.1) is 5.82 Å². The smallest absolute Gasteiger partial charge is 0.227 e. The molecule has 0 bridgehead atoms. The Morgan fingerprint density at radius 2 is 1.65 bits per heavy atom. The second kappa shape index (κ2) is 9.38. The number of halogens is 1. The van der Waals surface area contributed by atoms with Gasteiger partial charge >= 0.3 is 0 Å². The summed E-state index contributed by atoms with van der Waals surface area (Å²) < 4.78 is 20.9. The molecule has 0 unspecified atom stereocenters. The molecule has 0 aliphatic carbocycles. The number of nitrogens with zero attached hydrogens (tertiary/aromatic N) is 4. The molecular formula is C28H20FN7O. The lowest BCUT2D eigenvalue weighted by Gasteiger charge is -2.13. The van der Waals surface area contributed by atoms with E-state index in [2.05, 4.69) is 30.7 Å². The number of hydrogen-bond donors (Lipinski definition) is 3. The minimum Gasteiger partial charge on any atom is -0.435 e. The van der Waals surface area contributed by atoms with Crippen molar-refractivity contribution in [1.82, 2.24) is 25.4 Å². The van der Waals surface area contributed by atoms with Crippen LogP contribution in [0.15, 0.2) is 97.3 Å². The number of pyridine rings is 1. The van der Waals surface area contributed by atoms with E-state index in [1.807, 2.05) is 54.6 Å². The Labute approximate surface area is 211 Å². The lowest BCUT2D eigenvalue weighted by atomic mass is 10.0. The Morgan fingerprint density at radius 3 is 2.43 bits per heavy atom. The molecule has 6 aromatic rings. The molecule has 0 aliphatic rings. The van der Waals surface area contributed by atoms with E-state index >= 15 is 4.39 Å². The molecule has 0 saturated carbocycles. The van der Waals surface area contributed by atoms with E-state index in [9.17, 15) is 0 Å². The van der Waals surface area contributed by atoms with Crippen molar-refractivity contribution >= 4 is 28.1 Å². The molecule has 0 amide bonds. The monoisotopic (exact) mass is 489 g/mol. The van der Waals surface area contributed by atoms with Gasteiger partial charge in [-0.15, -0.1) is 10.2 Å². The number of nitrogens with two attached hydrogens (primary N) is 1. The molecule has 0 aliphatic heterocycles. The average molecular weight is 490 g/mol. The minimum atomic E-state index is -0.570. The van der Waals surface area contributed by atoms with Crippen molar-refractivity contribution in [2.75, 3.05) is 11.1 Å². The van der Waals surface area contributed by atoms with E-state index in [0.717, 1.165) is 22.0 Å². The van der Waals surface area contributed by atoms with Crippen molar-refractivity contribution in [3.05, 3.63) is 103 Å². The predicted molar refractivity (Wildman–Crippen MR) is 141 cm³/mol. The van der Waals surface area contributed by atoms with Gasteiger partial charge in [0.2, 0.25) is 5.88 Å². The van der Waals surface area contributed by atoms with Crippen molar-refractivity contribution < 1.29 is 9.13 Å². The van der Waals surface area contributed by atoms with Crippen LogP contribution >= 0.6 is 0 Å². The van der Waals surface area contributed by atoms with Gasteiger partial charge in [0.15, 0.2) is 17.4 Å². The van der Waals surface area contributed by atoms with Gasteiger partial charge in [-0.1, -0.05) is 54.6 Å². The highest BCUT2D eigenvalue weighted by atomic mass is 19.1. The van der Waals surface area contributed by atoms with Gasteiger partial charge in [0, 0.05) is 45.4 Å². The topological polar surface area (TPSA) is 115 Å². The molecule has 0 spiro atoms. The molecule has 0 atom stereocenters. The van der Waals surface area contributed by atoms with Crippen molar-refractivity contribution in [3.63, 3.8) is 0 Å². The zero-order chi connectivity index (χ0) is 25.2. The molecular weight excluding hydrogens is 469 g/mol. The van der Waals surface area contributed by atoms with E-state index in [-0.39, 0.29) is 11.6 Å². The maximum Gasteiger partial charge on any atom is 0.227 e. The third kappa shape index (κ3) is 4.30. The van der Waals surface area contributed by atoms with Gasteiger partial charge < -0.3 is 15.8 Å². The molecule has 180 valence electrons. The summed E-state index contributed by atoms with van der Waals surface area (Å²) in [6, 6.07) is 25.8. The van der Waals surface area contributed by atoms with Gasteiger partial charge in [0.1, 0.15) is 11.5 Å². The summed E-state index contributed by atoms with van der Waals surface area (Å²) in [5.74, 6) is 0.543. The maximum absolute atomic E-state index is 15.1. The lowest BCUT2D eigenvalue weighted by Crippen LogP contribution is -2.00. The number of benzene rings is 3. The number of aromatic amines is 1. The van der Waals surface area contributed by atoms with Crippen LogP contribution in [0.2, 0.25) is 0 Å². The quantitative estimate of drug-likeness (QED) is 0.250.